The van der Waals surface area contributed by atoms with Gasteiger partial charge in [0, 0.05) is 12.7 Å². The van der Waals surface area contributed by atoms with Crippen LogP contribution in [0.5, 0.6) is 0 Å². The molecular weight excluding hydrogens is 346 g/mol. The summed E-state index contributed by atoms with van der Waals surface area (Å²) < 4.78 is 49.0. The zero-order valence-electron chi connectivity index (χ0n) is 12.0. The summed E-state index contributed by atoms with van der Waals surface area (Å²) >= 11 is 0.504. The Morgan fingerprint density at radius 2 is 1.73 bits per heavy atom. The van der Waals surface area contributed by atoms with Gasteiger partial charge in [-0.05, 0) is 6.42 Å². The Bertz CT molecular complexity index is 473. The lowest BCUT2D eigenvalue weighted by Crippen LogP contribution is -2.42. The van der Waals surface area contributed by atoms with Gasteiger partial charge in [0.25, 0.3) is 0 Å². The monoisotopic (exact) mass is 363 g/mol. The molecule has 0 aliphatic heterocycles. The minimum Gasteiger partial charge on any atom is -0.278 e. The number of carbonyl (C=O) groups excluding carboxylic acids is 3. The molecule has 0 fully saturated rings. The summed E-state index contributed by atoms with van der Waals surface area (Å²) in [6.45, 7) is -1.35. The van der Waals surface area contributed by atoms with Gasteiger partial charge in [0.05, 0.1) is 0 Å². The normalized spacial score (nSPS) is 13.9. The average molecular weight is 363 g/mol. The van der Waals surface area contributed by atoms with Gasteiger partial charge in [-0.15, -0.1) is 0 Å². The van der Waals surface area contributed by atoms with E-state index in [4.69, 9.17) is 0 Å². The first-order valence-corrected chi connectivity index (χ1v) is 9.53. The van der Waals surface area contributed by atoms with Crippen LogP contribution in [0.4, 0.5) is 18.0 Å². The van der Waals surface area contributed by atoms with Crippen molar-refractivity contribution in [1.82, 2.24) is 15.5 Å². The van der Waals surface area contributed by atoms with Crippen LogP contribution in [0.15, 0.2) is 0 Å². The maximum absolute atomic E-state index is 12.3. The van der Waals surface area contributed by atoms with Crippen LogP contribution < -0.4 is 15.5 Å². The molecule has 0 aromatic heterocycles. The van der Waals surface area contributed by atoms with Gasteiger partial charge in [-0.25, -0.2) is 4.79 Å². The van der Waals surface area contributed by atoms with E-state index in [1.165, 1.54) is 5.09 Å². The predicted molar refractivity (Wildman–Crippen MR) is 76.1 cm³/mol. The molecule has 0 heterocycles. The number of halogens is 3. The quantitative estimate of drug-likeness (QED) is 0.476. The van der Waals surface area contributed by atoms with Crippen molar-refractivity contribution in [3.05, 3.63) is 0 Å². The molecule has 7 nitrogen and oxygen atoms in total. The van der Waals surface area contributed by atoms with Gasteiger partial charge >= 0.3 is 24.8 Å². The fourth-order valence-electron chi connectivity index (χ4n) is 1.16. The molecule has 128 valence electrons. The summed E-state index contributed by atoms with van der Waals surface area (Å²) in [6, 6.07) is -1.25. The number of nitrogens with one attached hydrogen (secondary N) is 3. The third-order valence-electron chi connectivity index (χ3n) is 2.07. The Balaban J connectivity index is 4.88. The number of hydrogen-bond donors (Lipinski definition) is 3. The summed E-state index contributed by atoms with van der Waals surface area (Å²) in [7, 11) is 0. The van der Waals surface area contributed by atoms with Crippen LogP contribution in [0.2, 0.25) is 0 Å². The molecule has 0 saturated heterocycles. The molecule has 3 N–H and O–H groups in total. The first-order chi connectivity index (χ1) is 10.00. The lowest BCUT2D eigenvalue weighted by atomic mass is 10.3. The standard InChI is InChI=1S/C10H17F3N3O4PS/c1-3-4-5-6-22-21(20,15-8(18)10(11,12)13)16-9(19)14-7(2)17/h3-6H2,1-2H3,(H3,14,15,16,17,18,19,20). The van der Waals surface area contributed by atoms with Gasteiger partial charge in [-0.1, -0.05) is 31.1 Å². The molecule has 1 unspecified atom stereocenters. The van der Waals surface area contributed by atoms with Crippen molar-refractivity contribution >= 4 is 35.9 Å². The Hall–Kier alpha value is -1.22. The fourth-order valence-corrected chi connectivity index (χ4v) is 4.69. The van der Waals surface area contributed by atoms with Crippen molar-refractivity contribution in [3.63, 3.8) is 0 Å². The van der Waals surface area contributed by atoms with E-state index in [0.29, 0.717) is 17.8 Å². The van der Waals surface area contributed by atoms with Crippen LogP contribution in [0.1, 0.15) is 33.1 Å². The van der Waals surface area contributed by atoms with Crippen molar-refractivity contribution in [1.29, 1.82) is 0 Å². The third kappa shape index (κ3) is 8.93. The Morgan fingerprint density at radius 1 is 1.14 bits per heavy atom. The topological polar surface area (TPSA) is 104 Å². The first-order valence-electron chi connectivity index (χ1n) is 6.24. The smallest absolute Gasteiger partial charge is 0.278 e. The number of imide groups is 1. The van der Waals surface area contributed by atoms with Crippen molar-refractivity contribution in [3.8, 4) is 0 Å². The van der Waals surface area contributed by atoms with Gasteiger partial charge in [0.1, 0.15) is 0 Å². The number of alkyl halides is 3. The highest BCUT2D eigenvalue weighted by Gasteiger charge is 2.43. The maximum atomic E-state index is 12.3. The van der Waals surface area contributed by atoms with E-state index in [1.807, 2.05) is 6.92 Å². The molecule has 0 spiro atoms. The predicted octanol–water partition coefficient (Wildman–Crippen LogP) is 2.54. The van der Waals surface area contributed by atoms with Crippen molar-refractivity contribution < 1.29 is 32.1 Å². The van der Waals surface area contributed by atoms with Crippen molar-refractivity contribution in [2.45, 2.75) is 39.3 Å². The van der Waals surface area contributed by atoms with Crippen LogP contribution in [0.25, 0.3) is 0 Å². The van der Waals surface area contributed by atoms with E-state index < -0.39 is 30.7 Å². The summed E-state index contributed by atoms with van der Waals surface area (Å²) in [5, 5.41) is 4.71. The molecule has 12 heteroatoms. The largest absolute Gasteiger partial charge is 0.471 e. The van der Waals surface area contributed by atoms with Crippen LogP contribution in [-0.4, -0.2) is 29.8 Å². The highest BCUT2D eigenvalue weighted by atomic mass is 32.7. The van der Waals surface area contributed by atoms with Crippen molar-refractivity contribution in [2.24, 2.45) is 0 Å². The molecule has 0 saturated carbocycles. The molecule has 0 aromatic rings. The van der Waals surface area contributed by atoms with Gasteiger partial charge in [0.15, 0.2) is 0 Å². The highest BCUT2D eigenvalue weighted by molar-refractivity contribution is 8.57. The number of hydrogen-bond acceptors (Lipinski definition) is 5. The molecule has 0 aromatic carbocycles. The summed E-state index contributed by atoms with van der Waals surface area (Å²) in [4.78, 5) is 32.9. The van der Waals surface area contributed by atoms with Crippen molar-refractivity contribution in [2.75, 3.05) is 5.75 Å². The Morgan fingerprint density at radius 3 is 2.18 bits per heavy atom. The summed E-state index contributed by atoms with van der Waals surface area (Å²) in [5.41, 5.74) is 0. The average Bonchev–Trinajstić information content (AvgIpc) is 2.32. The second-order valence-electron chi connectivity index (χ2n) is 4.15. The van der Waals surface area contributed by atoms with E-state index in [9.17, 15) is 32.1 Å². The Labute approximate surface area is 129 Å². The van der Waals surface area contributed by atoms with Gasteiger partial charge < -0.3 is 0 Å². The zero-order chi connectivity index (χ0) is 17.4. The van der Waals surface area contributed by atoms with Crippen LogP contribution in [-0.2, 0) is 14.2 Å². The van der Waals surface area contributed by atoms with Gasteiger partial charge in [-0.2, -0.15) is 13.2 Å². The second kappa shape index (κ2) is 9.04. The maximum Gasteiger partial charge on any atom is 0.471 e. The summed E-state index contributed by atoms with van der Waals surface area (Å²) in [5.74, 6) is -3.05. The number of unbranched alkanes of at least 4 members (excludes halogenated alkanes) is 2. The van der Waals surface area contributed by atoms with Crippen LogP contribution in [0, 0.1) is 0 Å². The molecule has 0 aliphatic carbocycles. The van der Waals surface area contributed by atoms with E-state index in [1.54, 1.807) is 10.4 Å². The van der Waals surface area contributed by atoms with E-state index in [-0.39, 0.29) is 5.75 Å². The molecular formula is C10H17F3N3O4PS. The fraction of sp³-hybridized carbons (Fsp3) is 0.700. The zero-order valence-corrected chi connectivity index (χ0v) is 13.7. The first kappa shape index (κ1) is 20.8. The third-order valence-corrected chi connectivity index (χ3v) is 6.08. The lowest BCUT2D eigenvalue weighted by molar-refractivity contribution is -0.171. The molecule has 1 atom stereocenters. The van der Waals surface area contributed by atoms with Crippen LogP contribution in [0.3, 0.4) is 0 Å². The molecule has 22 heavy (non-hydrogen) atoms. The minimum atomic E-state index is -5.24. The molecule has 0 radical (unpaired) electrons. The van der Waals surface area contributed by atoms with E-state index in [0.717, 1.165) is 19.8 Å². The van der Waals surface area contributed by atoms with Crippen LogP contribution >= 0.6 is 18.0 Å². The number of rotatable bonds is 7. The molecule has 0 rings (SSSR count). The molecule has 4 amide bonds. The number of urea groups is 1. The van der Waals surface area contributed by atoms with E-state index in [2.05, 4.69) is 0 Å². The SMILES string of the molecule is CCCCCSP(=O)(NC(=O)NC(C)=O)NC(=O)C(F)(F)F. The number of carbonyl (C=O) groups is 3. The number of amides is 4. The second-order valence-corrected chi connectivity index (χ2v) is 8.69. The Kier molecular flexibility index (Phi) is 8.54. The molecule has 0 bridgehead atoms. The summed E-state index contributed by atoms with van der Waals surface area (Å²) in [6.07, 6.45) is -3.11. The lowest BCUT2D eigenvalue weighted by Gasteiger charge is -2.20. The molecule has 0 aliphatic rings. The van der Waals surface area contributed by atoms with Gasteiger partial charge in [0.2, 0.25) is 5.91 Å². The van der Waals surface area contributed by atoms with E-state index >= 15 is 0 Å². The van der Waals surface area contributed by atoms with Gasteiger partial charge in [-0.3, -0.25) is 29.6 Å². The highest BCUT2D eigenvalue weighted by Crippen LogP contribution is 2.51. The minimum absolute atomic E-state index is 0.170.